The molecule has 0 saturated heterocycles. The molecule has 0 aliphatic heterocycles. The van der Waals surface area contributed by atoms with Crippen LogP contribution in [0.5, 0.6) is 5.75 Å². The molecular formula is C14H7Cl2N3O. The Morgan fingerprint density at radius 1 is 1.15 bits per heavy atom. The van der Waals surface area contributed by atoms with Crippen molar-refractivity contribution in [1.82, 2.24) is 9.97 Å². The first-order valence-corrected chi connectivity index (χ1v) is 6.42. The molecule has 2 N–H and O–H groups in total. The van der Waals surface area contributed by atoms with Crippen LogP contribution in [0, 0.1) is 11.3 Å². The van der Waals surface area contributed by atoms with Gasteiger partial charge in [-0.1, -0.05) is 23.2 Å². The number of benzene rings is 2. The monoisotopic (exact) mass is 303 g/mol. The Labute approximate surface area is 124 Å². The maximum Gasteiger partial charge on any atom is 0.142 e. The molecule has 0 spiro atoms. The van der Waals surface area contributed by atoms with Gasteiger partial charge in [-0.2, -0.15) is 5.26 Å². The van der Waals surface area contributed by atoms with E-state index < -0.39 is 0 Å². The van der Waals surface area contributed by atoms with Gasteiger partial charge in [0.25, 0.3) is 0 Å². The van der Waals surface area contributed by atoms with E-state index in [-0.39, 0.29) is 5.75 Å². The van der Waals surface area contributed by atoms with E-state index in [4.69, 9.17) is 28.5 Å². The summed E-state index contributed by atoms with van der Waals surface area (Å²) in [7, 11) is 0. The van der Waals surface area contributed by atoms with Gasteiger partial charge in [0, 0.05) is 0 Å². The molecule has 1 aromatic heterocycles. The second kappa shape index (κ2) is 4.71. The quantitative estimate of drug-likeness (QED) is 0.710. The van der Waals surface area contributed by atoms with Crippen LogP contribution in [0.15, 0.2) is 30.3 Å². The Balaban J connectivity index is 2.18. The van der Waals surface area contributed by atoms with E-state index in [2.05, 4.69) is 9.97 Å². The zero-order valence-electron chi connectivity index (χ0n) is 9.98. The predicted molar refractivity (Wildman–Crippen MR) is 77.9 cm³/mol. The Bertz CT molecular complexity index is 826. The summed E-state index contributed by atoms with van der Waals surface area (Å²) in [6.07, 6.45) is 0. The van der Waals surface area contributed by atoms with E-state index in [1.54, 1.807) is 24.3 Å². The molecule has 6 heteroatoms. The second-order valence-electron chi connectivity index (χ2n) is 4.21. The molecule has 0 aliphatic rings. The smallest absolute Gasteiger partial charge is 0.142 e. The van der Waals surface area contributed by atoms with Crippen molar-refractivity contribution in [2.75, 3.05) is 0 Å². The van der Waals surface area contributed by atoms with E-state index in [9.17, 15) is 5.11 Å². The van der Waals surface area contributed by atoms with E-state index in [1.165, 1.54) is 6.07 Å². The molecule has 0 unspecified atom stereocenters. The molecular weight excluding hydrogens is 297 g/mol. The van der Waals surface area contributed by atoms with Crippen molar-refractivity contribution in [3.05, 3.63) is 45.9 Å². The van der Waals surface area contributed by atoms with E-state index in [0.29, 0.717) is 32.5 Å². The minimum absolute atomic E-state index is 0.0136. The van der Waals surface area contributed by atoms with Gasteiger partial charge in [0.2, 0.25) is 0 Å². The Morgan fingerprint density at radius 2 is 1.90 bits per heavy atom. The van der Waals surface area contributed by atoms with Crippen LogP contribution in [-0.2, 0) is 0 Å². The molecule has 1 heterocycles. The van der Waals surface area contributed by atoms with Gasteiger partial charge in [-0.3, -0.25) is 0 Å². The number of hydrogen-bond acceptors (Lipinski definition) is 3. The lowest BCUT2D eigenvalue weighted by atomic mass is 10.1. The average molecular weight is 304 g/mol. The largest absolute Gasteiger partial charge is 0.507 e. The number of aromatic hydroxyl groups is 1. The van der Waals surface area contributed by atoms with Crippen LogP contribution in [0.25, 0.3) is 22.4 Å². The molecule has 20 heavy (non-hydrogen) atoms. The van der Waals surface area contributed by atoms with Gasteiger partial charge >= 0.3 is 0 Å². The van der Waals surface area contributed by atoms with Gasteiger partial charge in [0.05, 0.1) is 38.3 Å². The van der Waals surface area contributed by atoms with Crippen molar-refractivity contribution in [2.45, 2.75) is 0 Å². The normalized spacial score (nSPS) is 10.7. The highest BCUT2D eigenvalue weighted by Gasteiger charge is 2.11. The Morgan fingerprint density at radius 3 is 2.60 bits per heavy atom. The number of rotatable bonds is 1. The van der Waals surface area contributed by atoms with Gasteiger partial charge in [0.1, 0.15) is 11.6 Å². The maximum absolute atomic E-state index is 9.95. The number of fused-ring (bicyclic) bond motifs is 1. The third-order valence-corrected chi connectivity index (χ3v) is 3.63. The molecule has 0 radical (unpaired) electrons. The zero-order chi connectivity index (χ0) is 14.3. The maximum atomic E-state index is 9.95. The van der Waals surface area contributed by atoms with Gasteiger partial charge in [0.15, 0.2) is 0 Å². The van der Waals surface area contributed by atoms with Crippen LogP contribution in [0.1, 0.15) is 5.56 Å². The van der Waals surface area contributed by atoms with Gasteiger partial charge in [-0.15, -0.1) is 0 Å². The zero-order valence-corrected chi connectivity index (χ0v) is 11.5. The summed E-state index contributed by atoms with van der Waals surface area (Å²) >= 11 is 11.9. The number of halogens is 2. The summed E-state index contributed by atoms with van der Waals surface area (Å²) in [6, 6.07) is 9.93. The Kier molecular flexibility index (Phi) is 3.01. The molecule has 2 aromatic carbocycles. The summed E-state index contributed by atoms with van der Waals surface area (Å²) < 4.78 is 0. The molecule has 98 valence electrons. The standard InChI is InChI=1S/C14H7Cl2N3O/c15-9-4-11-12(5-10(9)16)19-14(18-11)8-2-1-7(6-17)3-13(8)20/h1-5,20H,(H,18,19). The molecule has 0 bridgehead atoms. The van der Waals surface area contributed by atoms with Crippen LogP contribution in [0.2, 0.25) is 10.0 Å². The van der Waals surface area contributed by atoms with Gasteiger partial charge in [-0.05, 0) is 30.3 Å². The third-order valence-electron chi connectivity index (χ3n) is 2.91. The number of H-pyrrole nitrogens is 1. The first kappa shape index (κ1) is 12.8. The second-order valence-corrected chi connectivity index (χ2v) is 5.03. The first-order valence-electron chi connectivity index (χ1n) is 5.67. The third kappa shape index (κ3) is 2.07. The van der Waals surface area contributed by atoms with Crippen molar-refractivity contribution >= 4 is 34.2 Å². The number of phenols is 1. The minimum Gasteiger partial charge on any atom is -0.507 e. The first-order chi connectivity index (χ1) is 9.58. The lowest BCUT2D eigenvalue weighted by Gasteiger charge is -2.00. The number of nitrogens with one attached hydrogen (secondary N) is 1. The van der Waals surface area contributed by atoms with Gasteiger partial charge < -0.3 is 10.1 Å². The summed E-state index contributed by atoms with van der Waals surface area (Å²) in [5.74, 6) is 0.473. The highest BCUT2D eigenvalue weighted by molar-refractivity contribution is 6.42. The van der Waals surface area contributed by atoms with E-state index >= 15 is 0 Å². The lowest BCUT2D eigenvalue weighted by molar-refractivity contribution is 0.477. The minimum atomic E-state index is -0.0136. The molecule has 0 fully saturated rings. The SMILES string of the molecule is N#Cc1ccc(-c2nc3cc(Cl)c(Cl)cc3[nH]2)c(O)c1. The van der Waals surface area contributed by atoms with Crippen LogP contribution in [-0.4, -0.2) is 15.1 Å². The van der Waals surface area contributed by atoms with Crippen molar-refractivity contribution in [3.63, 3.8) is 0 Å². The van der Waals surface area contributed by atoms with Gasteiger partial charge in [-0.25, -0.2) is 4.98 Å². The van der Waals surface area contributed by atoms with Crippen LogP contribution in [0.3, 0.4) is 0 Å². The molecule has 0 saturated carbocycles. The number of imidazole rings is 1. The topological polar surface area (TPSA) is 72.7 Å². The highest BCUT2D eigenvalue weighted by atomic mass is 35.5. The Hall–Kier alpha value is -2.22. The number of aromatic nitrogens is 2. The molecule has 0 amide bonds. The summed E-state index contributed by atoms with van der Waals surface area (Å²) in [6.45, 7) is 0. The lowest BCUT2D eigenvalue weighted by Crippen LogP contribution is -1.83. The van der Waals surface area contributed by atoms with E-state index in [0.717, 1.165) is 5.52 Å². The molecule has 0 atom stereocenters. The molecule has 4 nitrogen and oxygen atoms in total. The van der Waals surface area contributed by atoms with Crippen molar-refractivity contribution in [1.29, 1.82) is 5.26 Å². The number of nitrogens with zero attached hydrogens (tertiary/aromatic N) is 2. The van der Waals surface area contributed by atoms with Crippen molar-refractivity contribution < 1.29 is 5.11 Å². The van der Waals surface area contributed by atoms with Crippen molar-refractivity contribution in [3.8, 4) is 23.2 Å². The van der Waals surface area contributed by atoms with Crippen LogP contribution < -0.4 is 0 Å². The predicted octanol–water partition coefficient (Wildman–Crippen LogP) is 4.11. The highest BCUT2D eigenvalue weighted by Crippen LogP contribution is 2.32. The summed E-state index contributed by atoms with van der Waals surface area (Å²) in [5.41, 5.74) is 2.26. The van der Waals surface area contributed by atoms with E-state index in [1.807, 2.05) is 6.07 Å². The summed E-state index contributed by atoms with van der Waals surface area (Å²) in [4.78, 5) is 7.42. The summed E-state index contributed by atoms with van der Waals surface area (Å²) in [5, 5.41) is 19.6. The van der Waals surface area contributed by atoms with Crippen LogP contribution >= 0.6 is 23.2 Å². The van der Waals surface area contributed by atoms with Crippen molar-refractivity contribution in [2.24, 2.45) is 0 Å². The fraction of sp³-hybridized carbons (Fsp3) is 0. The molecule has 3 rings (SSSR count). The molecule has 0 aliphatic carbocycles. The fourth-order valence-electron chi connectivity index (χ4n) is 1.93. The molecule has 3 aromatic rings. The number of nitriles is 1. The average Bonchev–Trinajstić information content (AvgIpc) is 2.81. The fourth-order valence-corrected chi connectivity index (χ4v) is 2.26. The number of aromatic amines is 1. The van der Waals surface area contributed by atoms with Crippen LogP contribution in [0.4, 0.5) is 0 Å². The number of hydrogen-bond donors (Lipinski definition) is 2. The number of phenolic OH excluding ortho intramolecular Hbond substituents is 1.